The molecule has 2 fully saturated rings. The molecule has 7 atom stereocenters. The quantitative estimate of drug-likeness (QED) is 0.638. The first-order chi connectivity index (χ1) is 9.81. The maximum atomic E-state index is 2.56. The van der Waals surface area contributed by atoms with Gasteiger partial charge in [0.25, 0.3) is 0 Å². The number of benzene rings is 1. The van der Waals surface area contributed by atoms with Crippen molar-refractivity contribution in [2.45, 2.75) is 38.5 Å². The average Bonchev–Trinajstić information content (AvgIpc) is 3.17. The van der Waals surface area contributed by atoms with Crippen molar-refractivity contribution < 1.29 is 0 Å². The smallest absolute Gasteiger partial charge is 0.00938 e. The first-order valence-electron chi connectivity index (χ1n) is 8.57. The van der Waals surface area contributed by atoms with Crippen molar-refractivity contribution in [1.82, 2.24) is 0 Å². The fourth-order valence-electron chi connectivity index (χ4n) is 6.30. The van der Waals surface area contributed by atoms with Gasteiger partial charge in [0.15, 0.2) is 0 Å². The molecule has 2 saturated carbocycles. The Hall–Kier alpha value is -1.04. The van der Waals surface area contributed by atoms with Crippen LogP contribution >= 0.6 is 0 Å². The Morgan fingerprint density at radius 3 is 2.60 bits per heavy atom. The predicted octanol–water partition coefficient (Wildman–Crippen LogP) is 4.81. The Balaban J connectivity index is 1.48. The molecule has 0 aromatic heterocycles. The highest BCUT2D eigenvalue weighted by Crippen LogP contribution is 2.65. The molecule has 0 saturated heterocycles. The minimum Gasteiger partial charge on any atom is -0.0854 e. The summed E-state index contributed by atoms with van der Waals surface area (Å²) < 4.78 is 0. The Bertz CT molecular complexity index is 569. The summed E-state index contributed by atoms with van der Waals surface area (Å²) in [6, 6.07) is 9.32. The Kier molecular flexibility index (Phi) is 2.32. The fraction of sp³-hybridized carbons (Fsp3) is 0.600. The second-order valence-corrected chi connectivity index (χ2v) is 7.91. The molecule has 0 heterocycles. The summed E-state index contributed by atoms with van der Waals surface area (Å²) in [5, 5.41) is 0. The normalized spacial score (nSPS) is 47.8. The van der Waals surface area contributed by atoms with Crippen molar-refractivity contribution in [3.05, 3.63) is 47.5 Å². The van der Waals surface area contributed by atoms with E-state index in [9.17, 15) is 0 Å². The average molecular weight is 264 g/mol. The molecule has 1 aromatic rings. The maximum Gasteiger partial charge on any atom is -0.00938 e. The van der Waals surface area contributed by atoms with Gasteiger partial charge >= 0.3 is 0 Å². The van der Waals surface area contributed by atoms with Gasteiger partial charge in [-0.15, -0.1) is 0 Å². The minimum atomic E-state index is 0.825. The second-order valence-electron chi connectivity index (χ2n) is 7.91. The summed E-state index contributed by atoms with van der Waals surface area (Å²) in [4.78, 5) is 0. The Morgan fingerprint density at radius 1 is 0.900 bits per heavy atom. The highest BCUT2D eigenvalue weighted by molar-refractivity contribution is 5.39. The molecule has 5 rings (SSSR count). The molecule has 0 heteroatoms. The molecule has 0 N–H and O–H groups in total. The summed E-state index contributed by atoms with van der Waals surface area (Å²) in [6.45, 7) is 2.39. The van der Waals surface area contributed by atoms with E-state index in [0.29, 0.717) is 0 Å². The van der Waals surface area contributed by atoms with E-state index in [1.807, 2.05) is 0 Å². The van der Waals surface area contributed by atoms with Crippen molar-refractivity contribution in [1.29, 1.82) is 0 Å². The van der Waals surface area contributed by atoms with E-state index in [1.54, 1.807) is 11.1 Å². The lowest BCUT2D eigenvalue weighted by molar-refractivity contribution is 0.187. The van der Waals surface area contributed by atoms with Crippen LogP contribution in [0.4, 0.5) is 0 Å². The third kappa shape index (κ3) is 1.43. The number of fused-ring (bicyclic) bond motifs is 7. The third-order valence-corrected chi connectivity index (χ3v) is 6.98. The van der Waals surface area contributed by atoms with E-state index in [1.165, 1.54) is 25.7 Å². The van der Waals surface area contributed by atoms with Crippen LogP contribution in [0, 0.1) is 35.5 Å². The summed E-state index contributed by atoms with van der Waals surface area (Å²) in [5.41, 5.74) is 3.40. The van der Waals surface area contributed by atoms with E-state index in [-0.39, 0.29) is 0 Å². The molecule has 1 aromatic carbocycles. The number of allylic oxidation sites excluding steroid dienone is 2. The Labute approximate surface area is 122 Å². The SMILES string of the molecule is CC1C=CC(C2CC3CC2C2c4ccccc4CC32)C1. The van der Waals surface area contributed by atoms with Gasteiger partial charge in [0.05, 0.1) is 0 Å². The van der Waals surface area contributed by atoms with E-state index in [2.05, 4.69) is 43.3 Å². The number of rotatable bonds is 1. The maximum absolute atomic E-state index is 2.56. The lowest BCUT2D eigenvalue weighted by Gasteiger charge is -2.35. The van der Waals surface area contributed by atoms with Gasteiger partial charge in [-0.25, -0.2) is 0 Å². The van der Waals surface area contributed by atoms with Crippen LogP contribution < -0.4 is 0 Å². The number of hydrogen-bond acceptors (Lipinski definition) is 0. The van der Waals surface area contributed by atoms with Crippen LogP contribution in [0.1, 0.15) is 43.2 Å². The molecular weight excluding hydrogens is 240 g/mol. The summed E-state index contributed by atoms with van der Waals surface area (Å²) in [5.74, 6) is 6.66. The molecular formula is C20H24. The highest BCUT2D eigenvalue weighted by Gasteiger charge is 2.56. The van der Waals surface area contributed by atoms with Gasteiger partial charge in [0, 0.05) is 0 Å². The third-order valence-electron chi connectivity index (χ3n) is 6.98. The molecule has 0 nitrogen and oxygen atoms in total. The van der Waals surface area contributed by atoms with Crippen molar-refractivity contribution in [3.8, 4) is 0 Å². The van der Waals surface area contributed by atoms with Gasteiger partial charge in [-0.1, -0.05) is 43.3 Å². The van der Waals surface area contributed by atoms with Gasteiger partial charge in [0.2, 0.25) is 0 Å². The van der Waals surface area contributed by atoms with E-state index in [4.69, 9.17) is 0 Å². The number of hydrogen-bond donors (Lipinski definition) is 0. The first kappa shape index (κ1) is 11.6. The molecule has 104 valence electrons. The van der Waals surface area contributed by atoms with Crippen LogP contribution in [0.25, 0.3) is 0 Å². The van der Waals surface area contributed by atoms with Crippen LogP contribution in [0.15, 0.2) is 36.4 Å². The molecule has 0 spiro atoms. The zero-order valence-corrected chi connectivity index (χ0v) is 12.3. The van der Waals surface area contributed by atoms with E-state index < -0.39 is 0 Å². The van der Waals surface area contributed by atoms with Gasteiger partial charge in [0.1, 0.15) is 0 Å². The van der Waals surface area contributed by atoms with Crippen LogP contribution in [0.2, 0.25) is 0 Å². The molecule has 4 aliphatic carbocycles. The van der Waals surface area contributed by atoms with Crippen LogP contribution in [0.3, 0.4) is 0 Å². The predicted molar refractivity (Wildman–Crippen MR) is 82.5 cm³/mol. The fourth-order valence-corrected chi connectivity index (χ4v) is 6.30. The highest BCUT2D eigenvalue weighted by atomic mass is 14.6. The van der Waals surface area contributed by atoms with Crippen LogP contribution in [-0.4, -0.2) is 0 Å². The summed E-state index contributed by atoms with van der Waals surface area (Å²) in [7, 11) is 0. The second kappa shape index (κ2) is 4.00. The van der Waals surface area contributed by atoms with Crippen molar-refractivity contribution >= 4 is 0 Å². The van der Waals surface area contributed by atoms with Gasteiger partial charge in [-0.3, -0.25) is 0 Å². The van der Waals surface area contributed by atoms with Gasteiger partial charge in [-0.2, -0.15) is 0 Å². The van der Waals surface area contributed by atoms with Crippen molar-refractivity contribution in [3.63, 3.8) is 0 Å². The molecule has 0 aliphatic heterocycles. The summed E-state index contributed by atoms with van der Waals surface area (Å²) in [6.07, 6.45) is 10.9. The Morgan fingerprint density at radius 2 is 1.75 bits per heavy atom. The molecule has 20 heavy (non-hydrogen) atoms. The van der Waals surface area contributed by atoms with E-state index in [0.717, 1.165) is 41.4 Å². The molecule has 0 amide bonds. The van der Waals surface area contributed by atoms with Gasteiger partial charge < -0.3 is 0 Å². The largest absolute Gasteiger partial charge is 0.0854 e. The minimum absolute atomic E-state index is 0.825. The van der Waals surface area contributed by atoms with Crippen LogP contribution in [-0.2, 0) is 6.42 Å². The van der Waals surface area contributed by atoms with Crippen LogP contribution in [0.5, 0.6) is 0 Å². The standard InChI is InChI=1S/C20H24/c1-12-6-7-14(8-12)17-10-15-11-19(17)20-16-5-3-2-4-13(16)9-18(15)20/h2-7,12,14-15,17-20H,8-11H2,1H3. The van der Waals surface area contributed by atoms with Crippen molar-refractivity contribution in [2.24, 2.45) is 35.5 Å². The van der Waals surface area contributed by atoms with Crippen molar-refractivity contribution in [2.75, 3.05) is 0 Å². The first-order valence-corrected chi connectivity index (χ1v) is 8.57. The monoisotopic (exact) mass is 264 g/mol. The molecule has 0 radical (unpaired) electrons. The summed E-state index contributed by atoms with van der Waals surface area (Å²) >= 11 is 0. The lowest BCUT2D eigenvalue weighted by atomic mass is 9.69. The lowest BCUT2D eigenvalue weighted by Crippen LogP contribution is -2.28. The molecule has 4 aliphatic rings. The molecule has 7 unspecified atom stereocenters. The zero-order valence-electron chi connectivity index (χ0n) is 12.3. The van der Waals surface area contributed by atoms with E-state index >= 15 is 0 Å². The zero-order chi connectivity index (χ0) is 13.3. The topological polar surface area (TPSA) is 0 Å². The van der Waals surface area contributed by atoms with Gasteiger partial charge in [-0.05, 0) is 78.2 Å². The molecule has 2 bridgehead atoms.